The molecule has 3 aromatic rings. The summed E-state index contributed by atoms with van der Waals surface area (Å²) in [5.74, 6) is 1.12. The van der Waals surface area contributed by atoms with E-state index in [4.69, 9.17) is 4.42 Å². The number of aliphatic hydroxyl groups excluding tert-OH is 1. The summed E-state index contributed by atoms with van der Waals surface area (Å²) in [4.78, 5) is 4.18. The molecule has 0 radical (unpaired) electrons. The summed E-state index contributed by atoms with van der Waals surface area (Å²) in [6.45, 7) is 1.62. The monoisotopic (exact) mass is 308 g/mol. The lowest BCUT2D eigenvalue weighted by atomic mass is 10.1. The maximum atomic E-state index is 10.3. The molecule has 1 unspecified atom stereocenters. The number of aliphatic hydroxyl groups is 1. The van der Waals surface area contributed by atoms with Crippen LogP contribution in [0.15, 0.2) is 71.3 Å². The van der Waals surface area contributed by atoms with Gasteiger partial charge in [0.25, 0.3) is 0 Å². The lowest BCUT2D eigenvalue weighted by Gasteiger charge is -2.06. The molecule has 1 aromatic heterocycles. The van der Waals surface area contributed by atoms with Gasteiger partial charge >= 0.3 is 0 Å². The fraction of sp³-hybridized carbons (Fsp3) is 0.211. The largest absolute Gasteiger partial charge is 0.442 e. The van der Waals surface area contributed by atoms with E-state index in [-0.39, 0.29) is 0 Å². The molecule has 0 amide bonds. The predicted molar refractivity (Wildman–Crippen MR) is 88.9 cm³/mol. The van der Waals surface area contributed by atoms with Gasteiger partial charge < -0.3 is 14.8 Å². The molecule has 0 aliphatic heterocycles. The highest BCUT2D eigenvalue weighted by Gasteiger charge is 2.16. The number of benzene rings is 2. The average molecular weight is 308 g/mol. The summed E-state index contributed by atoms with van der Waals surface area (Å²) < 4.78 is 5.65. The zero-order chi connectivity index (χ0) is 15.9. The molecule has 0 fully saturated rings. The van der Waals surface area contributed by atoms with Crippen molar-refractivity contribution in [3.8, 4) is 0 Å². The molecule has 23 heavy (non-hydrogen) atoms. The van der Waals surface area contributed by atoms with Crippen LogP contribution < -0.4 is 5.32 Å². The minimum atomic E-state index is -0.817. The Morgan fingerprint density at radius 3 is 2.43 bits per heavy atom. The molecule has 1 heterocycles. The van der Waals surface area contributed by atoms with E-state index in [9.17, 15) is 5.11 Å². The van der Waals surface area contributed by atoms with Crippen molar-refractivity contribution in [1.29, 1.82) is 0 Å². The Labute approximate surface area is 135 Å². The number of rotatable bonds is 7. The van der Waals surface area contributed by atoms with Crippen LogP contribution in [0.2, 0.25) is 0 Å². The van der Waals surface area contributed by atoms with E-state index >= 15 is 0 Å². The second-order valence-corrected chi connectivity index (χ2v) is 5.39. The quantitative estimate of drug-likeness (QED) is 0.659. The third-order valence-corrected chi connectivity index (χ3v) is 3.64. The van der Waals surface area contributed by atoms with Gasteiger partial charge in [0.05, 0.1) is 6.20 Å². The first kappa shape index (κ1) is 15.5. The van der Waals surface area contributed by atoms with Crippen LogP contribution in [0.3, 0.4) is 0 Å². The van der Waals surface area contributed by atoms with Gasteiger partial charge in [-0.1, -0.05) is 60.7 Å². The zero-order valence-corrected chi connectivity index (χ0v) is 12.9. The Bertz CT molecular complexity index is 711. The van der Waals surface area contributed by atoms with Crippen molar-refractivity contribution in [2.45, 2.75) is 19.1 Å². The molecule has 0 aliphatic rings. The van der Waals surface area contributed by atoms with Gasteiger partial charge in [0.15, 0.2) is 6.10 Å². The maximum absolute atomic E-state index is 10.3. The SMILES string of the molecule is OC(c1ccccc1)c1ncc(CCNCc2ccccc2)o1. The lowest BCUT2D eigenvalue weighted by molar-refractivity contribution is 0.180. The van der Waals surface area contributed by atoms with Crippen molar-refractivity contribution in [3.05, 3.63) is 89.6 Å². The molecule has 0 saturated heterocycles. The lowest BCUT2D eigenvalue weighted by Crippen LogP contribution is -2.16. The minimum absolute atomic E-state index is 0.342. The first-order chi connectivity index (χ1) is 11.3. The molecule has 1 atom stereocenters. The molecular formula is C19H20N2O2. The van der Waals surface area contributed by atoms with Crippen LogP contribution in [0.4, 0.5) is 0 Å². The predicted octanol–water partition coefficient (Wildman–Crippen LogP) is 3.09. The zero-order valence-electron chi connectivity index (χ0n) is 12.9. The smallest absolute Gasteiger partial charge is 0.227 e. The summed E-state index contributed by atoms with van der Waals surface area (Å²) in [5.41, 5.74) is 2.04. The molecule has 0 aliphatic carbocycles. The minimum Gasteiger partial charge on any atom is -0.442 e. The van der Waals surface area contributed by atoms with E-state index in [1.165, 1.54) is 5.56 Å². The molecule has 3 rings (SSSR count). The van der Waals surface area contributed by atoms with E-state index in [0.29, 0.717) is 5.89 Å². The molecule has 0 bridgehead atoms. The standard InChI is InChI=1S/C19H20N2O2/c22-18(16-9-5-2-6-10-16)19-21-14-17(23-19)11-12-20-13-15-7-3-1-4-8-15/h1-10,14,18,20,22H,11-13H2. The third-order valence-electron chi connectivity index (χ3n) is 3.64. The Morgan fingerprint density at radius 2 is 1.70 bits per heavy atom. The van der Waals surface area contributed by atoms with Gasteiger partial charge in [-0.25, -0.2) is 4.98 Å². The van der Waals surface area contributed by atoms with Gasteiger partial charge in [0, 0.05) is 19.5 Å². The first-order valence-electron chi connectivity index (χ1n) is 7.75. The molecule has 2 aromatic carbocycles. The molecule has 118 valence electrons. The van der Waals surface area contributed by atoms with Crippen LogP contribution in [0.5, 0.6) is 0 Å². The topological polar surface area (TPSA) is 58.3 Å². The van der Waals surface area contributed by atoms with Crippen LogP contribution in [0.1, 0.15) is 28.9 Å². The first-order valence-corrected chi connectivity index (χ1v) is 7.75. The van der Waals surface area contributed by atoms with Crippen molar-refractivity contribution in [1.82, 2.24) is 10.3 Å². The molecule has 0 saturated carbocycles. The van der Waals surface area contributed by atoms with Gasteiger partial charge in [-0.3, -0.25) is 0 Å². The van der Waals surface area contributed by atoms with Crippen molar-refractivity contribution in [2.24, 2.45) is 0 Å². The highest BCUT2D eigenvalue weighted by atomic mass is 16.4. The number of nitrogens with one attached hydrogen (secondary N) is 1. The van der Waals surface area contributed by atoms with Crippen LogP contribution in [-0.2, 0) is 13.0 Å². The Hall–Kier alpha value is -2.43. The molecule has 4 nitrogen and oxygen atoms in total. The number of oxazole rings is 1. The van der Waals surface area contributed by atoms with Crippen LogP contribution in [0, 0.1) is 0 Å². The summed E-state index contributed by atoms with van der Waals surface area (Å²) in [6.07, 6.45) is 1.61. The molecular weight excluding hydrogens is 288 g/mol. The fourth-order valence-electron chi connectivity index (χ4n) is 2.38. The van der Waals surface area contributed by atoms with Crippen LogP contribution in [-0.4, -0.2) is 16.6 Å². The van der Waals surface area contributed by atoms with E-state index in [1.807, 2.05) is 48.5 Å². The van der Waals surface area contributed by atoms with Gasteiger partial charge in [0.2, 0.25) is 5.89 Å². The highest BCUT2D eigenvalue weighted by Crippen LogP contribution is 2.21. The summed E-state index contributed by atoms with van der Waals surface area (Å²) in [6, 6.07) is 19.7. The van der Waals surface area contributed by atoms with Crippen LogP contribution in [0.25, 0.3) is 0 Å². The Balaban J connectivity index is 1.49. The molecule has 4 heteroatoms. The number of nitrogens with zero attached hydrogens (tertiary/aromatic N) is 1. The average Bonchev–Trinajstić information content (AvgIpc) is 3.09. The van der Waals surface area contributed by atoms with Gasteiger partial charge in [-0.2, -0.15) is 0 Å². The second kappa shape index (κ2) is 7.72. The number of hydrogen-bond acceptors (Lipinski definition) is 4. The van der Waals surface area contributed by atoms with Crippen molar-refractivity contribution < 1.29 is 9.52 Å². The van der Waals surface area contributed by atoms with Gasteiger partial charge in [-0.05, 0) is 11.1 Å². The normalized spacial score (nSPS) is 12.2. The summed E-state index contributed by atoms with van der Waals surface area (Å²) in [7, 11) is 0. The number of hydrogen-bond donors (Lipinski definition) is 2. The maximum Gasteiger partial charge on any atom is 0.227 e. The second-order valence-electron chi connectivity index (χ2n) is 5.39. The van der Waals surface area contributed by atoms with E-state index < -0.39 is 6.10 Å². The molecule has 0 spiro atoms. The number of aromatic nitrogens is 1. The Kier molecular flexibility index (Phi) is 5.19. The van der Waals surface area contributed by atoms with Gasteiger partial charge in [-0.15, -0.1) is 0 Å². The van der Waals surface area contributed by atoms with Crippen molar-refractivity contribution in [3.63, 3.8) is 0 Å². The van der Waals surface area contributed by atoms with Crippen molar-refractivity contribution >= 4 is 0 Å². The third kappa shape index (κ3) is 4.28. The van der Waals surface area contributed by atoms with Gasteiger partial charge in [0.1, 0.15) is 5.76 Å². The summed E-state index contributed by atoms with van der Waals surface area (Å²) >= 11 is 0. The van der Waals surface area contributed by atoms with Crippen LogP contribution >= 0.6 is 0 Å². The van der Waals surface area contributed by atoms with Crippen molar-refractivity contribution in [2.75, 3.05) is 6.54 Å². The fourth-order valence-corrected chi connectivity index (χ4v) is 2.38. The van der Waals surface area contributed by atoms with E-state index in [0.717, 1.165) is 30.8 Å². The summed E-state index contributed by atoms with van der Waals surface area (Å²) in [5, 5.41) is 13.6. The Morgan fingerprint density at radius 1 is 1.00 bits per heavy atom. The van der Waals surface area contributed by atoms with E-state index in [2.05, 4.69) is 22.4 Å². The van der Waals surface area contributed by atoms with E-state index in [1.54, 1.807) is 6.20 Å². The molecule has 2 N–H and O–H groups in total. The highest BCUT2D eigenvalue weighted by molar-refractivity contribution is 5.21.